The molecule has 0 atom stereocenters. The van der Waals surface area contributed by atoms with Crippen molar-refractivity contribution in [3.8, 4) is 28.2 Å². The maximum atomic E-state index is 5.94. The molecule has 114 valence electrons. The van der Waals surface area contributed by atoms with Crippen molar-refractivity contribution < 1.29 is 18.9 Å². The predicted molar refractivity (Wildman–Crippen MR) is 82.9 cm³/mol. The van der Waals surface area contributed by atoms with E-state index in [4.69, 9.17) is 42.1 Å². The lowest BCUT2D eigenvalue weighted by atomic mass is 10.2. The average molecular weight is 350 g/mol. The standard InChI is InChI=1S/C13H13Cl2NO4S/c1-17-8-4-7(5-9(18-2)11(8)19-3)20-13-16-12(15)10(6-14)21-13/h4-5H,6H2,1-3H3. The topological polar surface area (TPSA) is 49.8 Å². The molecule has 0 aliphatic heterocycles. The first-order chi connectivity index (χ1) is 10.1. The Bertz CT molecular complexity index is 608. The minimum absolute atomic E-state index is 0.287. The van der Waals surface area contributed by atoms with Gasteiger partial charge in [-0.15, -0.1) is 11.6 Å². The number of hydrogen-bond acceptors (Lipinski definition) is 6. The maximum Gasteiger partial charge on any atom is 0.280 e. The Labute approximate surface area is 136 Å². The summed E-state index contributed by atoms with van der Waals surface area (Å²) in [6, 6.07) is 3.36. The third kappa shape index (κ3) is 3.45. The number of alkyl halides is 1. The van der Waals surface area contributed by atoms with E-state index < -0.39 is 0 Å². The van der Waals surface area contributed by atoms with Gasteiger partial charge in [0.1, 0.15) is 10.9 Å². The molecule has 0 amide bonds. The summed E-state index contributed by atoms with van der Waals surface area (Å²) in [5.41, 5.74) is 0. The monoisotopic (exact) mass is 349 g/mol. The summed E-state index contributed by atoms with van der Waals surface area (Å²) < 4.78 is 21.4. The van der Waals surface area contributed by atoms with Crippen molar-refractivity contribution in [2.75, 3.05) is 21.3 Å². The quantitative estimate of drug-likeness (QED) is 0.725. The summed E-state index contributed by atoms with van der Waals surface area (Å²) in [6.45, 7) is 0. The minimum atomic E-state index is 0.287. The Balaban J connectivity index is 2.35. The Morgan fingerprint density at radius 3 is 2.14 bits per heavy atom. The lowest BCUT2D eigenvalue weighted by Gasteiger charge is -2.13. The van der Waals surface area contributed by atoms with Crippen LogP contribution < -0.4 is 18.9 Å². The van der Waals surface area contributed by atoms with Crippen molar-refractivity contribution in [1.82, 2.24) is 4.98 Å². The first kappa shape index (κ1) is 16.0. The van der Waals surface area contributed by atoms with Crippen LogP contribution in [0.2, 0.25) is 5.15 Å². The zero-order valence-corrected chi connectivity index (χ0v) is 13.9. The normalized spacial score (nSPS) is 10.3. The Kier molecular flexibility index (Phi) is 5.39. The van der Waals surface area contributed by atoms with Gasteiger partial charge in [-0.1, -0.05) is 22.9 Å². The van der Waals surface area contributed by atoms with Gasteiger partial charge in [-0.2, -0.15) is 4.98 Å². The zero-order valence-electron chi connectivity index (χ0n) is 11.6. The van der Waals surface area contributed by atoms with Crippen molar-refractivity contribution in [2.24, 2.45) is 0 Å². The van der Waals surface area contributed by atoms with Gasteiger partial charge in [0.25, 0.3) is 5.19 Å². The predicted octanol–water partition coefficient (Wildman–Crippen LogP) is 4.35. The molecule has 0 spiro atoms. The fraction of sp³-hybridized carbons (Fsp3) is 0.308. The van der Waals surface area contributed by atoms with Gasteiger partial charge < -0.3 is 18.9 Å². The van der Waals surface area contributed by atoms with Crippen LogP contribution in [0.5, 0.6) is 28.2 Å². The average Bonchev–Trinajstić information content (AvgIpc) is 2.85. The van der Waals surface area contributed by atoms with Gasteiger partial charge in [0.15, 0.2) is 11.5 Å². The number of halogens is 2. The second-order valence-electron chi connectivity index (χ2n) is 3.79. The van der Waals surface area contributed by atoms with Crippen LogP contribution in [-0.4, -0.2) is 26.3 Å². The molecule has 0 saturated carbocycles. The second-order valence-corrected chi connectivity index (χ2v) is 5.46. The maximum absolute atomic E-state index is 5.94. The minimum Gasteiger partial charge on any atom is -0.493 e. The lowest BCUT2D eigenvalue weighted by Crippen LogP contribution is -1.96. The van der Waals surface area contributed by atoms with E-state index in [0.717, 1.165) is 4.88 Å². The summed E-state index contributed by atoms with van der Waals surface area (Å²) in [5, 5.41) is 0.738. The van der Waals surface area contributed by atoms with Gasteiger partial charge >= 0.3 is 0 Å². The Hall–Kier alpha value is -1.37. The summed E-state index contributed by atoms with van der Waals surface area (Å²) in [7, 11) is 4.61. The molecule has 0 radical (unpaired) electrons. The first-order valence-corrected chi connectivity index (χ1v) is 7.54. The third-order valence-corrected chi connectivity index (χ3v) is 4.38. The molecular formula is C13H13Cl2NO4S. The summed E-state index contributed by atoms with van der Waals surface area (Å²) in [6.07, 6.45) is 0. The largest absolute Gasteiger partial charge is 0.493 e. The van der Waals surface area contributed by atoms with E-state index in [-0.39, 0.29) is 5.88 Å². The van der Waals surface area contributed by atoms with Crippen molar-refractivity contribution >= 4 is 34.5 Å². The van der Waals surface area contributed by atoms with E-state index in [1.54, 1.807) is 12.1 Å². The number of methoxy groups -OCH3 is 3. The van der Waals surface area contributed by atoms with Gasteiger partial charge in [-0.3, -0.25) is 0 Å². The fourth-order valence-electron chi connectivity index (χ4n) is 1.66. The van der Waals surface area contributed by atoms with Gasteiger partial charge in [0.2, 0.25) is 5.75 Å². The van der Waals surface area contributed by atoms with Gasteiger partial charge in [-0.25, -0.2) is 0 Å². The molecule has 1 aromatic heterocycles. The van der Waals surface area contributed by atoms with E-state index in [1.807, 2.05) is 0 Å². The summed E-state index contributed by atoms with van der Waals surface area (Å²) in [4.78, 5) is 4.85. The molecule has 0 N–H and O–H groups in total. The highest BCUT2D eigenvalue weighted by molar-refractivity contribution is 7.14. The molecule has 0 bridgehead atoms. The molecule has 0 fully saturated rings. The molecule has 0 aliphatic rings. The second kappa shape index (κ2) is 7.06. The summed E-state index contributed by atoms with van der Waals surface area (Å²) in [5.74, 6) is 2.26. The number of thiazole rings is 1. The van der Waals surface area contributed by atoms with E-state index in [0.29, 0.717) is 33.3 Å². The van der Waals surface area contributed by atoms with E-state index in [9.17, 15) is 0 Å². The van der Waals surface area contributed by atoms with Crippen LogP contribution in [0.3, 0.4) is 0 Å². The van der Waals surface area contributed by atoms with Crippen molar-refractivity contribution in [1.29, 1.82) is 0 Å². The highest BCUT2D eigenvalue weighted by atomic mass is 35.5. The molecule has 0 unspecified atom stereocenters. The van der Waals surface area contributed by atoms with Crippen LogP contribution in [0, 0.1) is 0 Å². The van der Waals surface area contributed by atoms with Gasteiger partial charge in [-0.05, 0) is 0 Å². The number of hydrogen-bond donors (Lipinski definition) is 0. The Morgan fingerprint density at radius 2 is 1.71 bits per heavy atom. The molecule has 0 saturated heterocycles. The number of aromatic nitrogens is 1. The highest BCUT2D eigenvalue weighted by Crippen LogP contribution is 2.42. The van der Waals surface area contributed by atoms with Crippen LogP contribution in [0.4, 0.5) is 0 Å². The number of ether oxygens (including phenoxy) is 4. The molecule has 2 aromatic rings. The molecule has 1 aromatic carbocycles. The van der Waals surface area contributed by atoms with E-state index >= 15 is 0 Å². The van der Waals surface area contributed by atoms with E-state index in [1.165, 1.54) is 32.7 Å². The van der Waals surface area contributed by atoms with Crippen LogP contribution in [0.25, 0.3) is 0 Å². The first-order valence-electron chi connectivity index (χ1n) is 5.82. The number of nitrogens with zero attached hydrogens (tertiary/aromatic N) is 1. The zero-order chi connectivity index (χ0) is 15.4. The lowest BCUT2D eigenvalue weighted by molar-refractivity contribution is 0.321. The SMILES string of the molecule is COc1cc(Oc2nc(Cl)c(CCl)s2)cc(OC)c1OC. The smallest absolute Gasteiger partial charge is 0.280 e. The number of benzene rings is 1. The summed E-state index contributed by atoms with van der Waals surface area (Å²) >= 11 is 13.0. The van der Waals surface area contributed by atoms with Crippen LogP contribution in [-0.2, 0) is 5.88 Å². The molecular weight excluding hydrogens is 337 g/mol. The van der Waals surface area contributed by atoms with Crippen molar-refractivity contribution in [3.63, 3.8) is 0 Å². The van der Waals surface area contributed by atoms with E-state index in [2.05, 4.69) is 4.98 Å². The molecule has 5 nitrogen and oxygen atoms in total. The van der Waals surface area contributed by atoms with Crippen LogP contribution in [0.1, 0.15) is 4.88 Å². The highest BCUT2D eigenvalue weighted by Gasteiger charge is 2.16. The third-order valence-electron chi connectivity index (χ3n) is 2.59. The Morgan fingerprint density at radius 1 is 1.10 bits per heavy atom. The van der Waals surface area contributed by atoms with Gasteiger partial charge in [0, 0.05) is 12.1 Å². The van der Waals surface area contributed by atoms with Crippen LogP contribution >= 0.6 is 34.5 Å². The molecule has 0 aliphatic carbocycles. The van der Waals surface area contributed by atoms with Gasteiger partial charge in [0.05, 0.1) is 32.1 Å². The van der Waals surface area contributed by atoms with Crippen LogP contribution in [0.15, 0.2) is 12.1 Å². The fourth-order valence-corrected chi connectivity index (χ4v) is 2.99. The molecule has 2 rings (SSSR count). The number of rotatable bonds is 6. The van der Waals surface area contributed by atoms with Crippen molar-refractivity contribution in [3.05, 3.63) is 22.2 Å². The molecule has 21 heavy (non-hydrogen) atoms. The van der Waals surface area contributed by atoms with Crippen molar-refractivity contribution in [2.45, 2.75) is 5.88 Å². The molecule has 1 heterocycles. The molecule has 8 heteroatoms.